The van der Waals surface area contributed by atoms with Crippen molar-refractivity contribution in [2.24, 2.45) is 0 Å². The van der Waals surface area contributed by atoms with Gasteiger partial charge in [-0.3, -0.25) is 9.36 Å². The molecule has 1 N–H and O–H groups in total. The normalized spacial score (nSPS) is 14.5. The van der Waals surface area contributed by atoms with Crippen molar-refractivity contribution in [3.8, 4) is 0 Å². The maximum atomic E-state index is 12.8. The second-order valence-electron chi connectivity index (χ2n) is 5.50. The van der Waals surface area contributed by atoms with Gasteiger partial charge in [0.25, 0.3) is 5.56 Å². The number of ether oxygens (including phenoxy) is 1. The number of aromatic amines is 1. The van der Waals surface area contributed by atoms with Gasteiger partial charge in [0.2, 0.25) is 0 Å². The zero-order valence-corrected chi connectivity index (χ0v) is 13.9. The number of hydrogen-bond donors (Lipinski definition) is 1. The van der Waals surface area contributed by atoms with Crippen LogP contribution in [0.5, 0.6) is 0 Å². The van der Waals surface area contributed by atoms with Gasteiger partial charge in [-0.1, -0.05) is 0 Å². The highest BCUT2D eigenvalue weighted by atomic mass is 32.1. The predicted molar refractivity (Wildman–Crippen MR) is 89.0 cm³/mol. The van der Waals surface area contributed by atoms with Crippen molar-refractivity contribution in [3.05, 3.63) is 25.6 Å². The molecular formula is C15H20N2O2S2. The standard InChI is InChI=1S/C15H20N2O2S2/c1-19-9-5-4-8-17-14(18)12-10-6-2-3-7-11(10)21-13(12)16-15(17)20/h2-9H2,1H3,(H,16,20). The Labute approximate surface area is 132 Å². The molecule has 1 aliphatic rings. The average molecular weight is 324 g/mol. The first-order chi connectivity index (χ1) is 10.2. The van der Waals surface area contributed by atoms with Gasteiger partial charge in [0.1, 0.15) is 4.83 Å². The molecule has 0 bridgehead atoms. The van der Waals surface area contributed by atoms with Gasteiger partial charge in [-0.05, 0) is 56.3 Å². The molecular weight excluding hydrogens is 304 g/mol. The van der Waals surface area contributed by atoms with E-state index in [0.29, 0.717) is 11.3 Å². The average Bonchev–Trinajstić information content (AvgIpc) is 2.84. The molecule has 0 fully saturated rings. The lowest BCUT2D eigenvalue weighted by Crippen LogP contribution is -2.23. The summed E-state index contributed by atoms with van der Waals surface area (Å²) >= 11 is 7.08. The van der Waals surface area contributed by atoms with Crippen molar-refractivity contribution in [2.75, 3.05) is 13.7 Å². The molecule has 3 rings (SSSR count). The summed E-state index contributed by atoms with van der Waals surface area (Å²) in [7, 11) is 1.70. The fourth-order valence-electron chi connectivity index (χ4n) is 2.99. The lowest BCUT2D eigenvalue weighted by molar-refractivity contribution is 0.191. The molecule has 6 heteroatoms. The number of fused-ring (bicyclic) bond motifs is 3. The number of methoxy groups -OCH3 is 1. The van der Waals surface area contributed by atoms with Crippen LogP contribution >= 0.6 is 23.6 Å². The summed E-state index contributed by atoms with van der Waals surface area (Å²) in [6, 6.07) is 0. The van der Waals surface area contributed by atoms with E-state index in [1.807, 2.05) is 0 Å². The van der Waals surface area contributed by atoms with E-state index in [1.54, 1.807) is 23.0 Å². The Bertz CT molecular complexity index is 757. The van der Waals surface area contributed by atoms with Crippen LogP contribution in [-0.2, 0) is 24.1 Å². The van der Waals surface area contributed by atoms with Crippen molar-refractivity contribution in [1.82, 2.24) is 9.55 Å². The molecule has 4 nitrogen and oxygen atoms in total. The van der Waals surface area contributed by atoms with Crippen LogP contribution in [-0.4, -0.2) is 23.3 Å². The maximum absolute atomic E-state index is 12.8. The van der Waals surface area contributed by atoms with Crippen molar-refractivity contribution in [2.45, 2.75) is 45.1 Å². The second kappa shape index (κ2) is 6.42. The Hall–Kier alpha value is -0.980. The summed E-state index contributed by atoms with van der Waals surface area (Å²) in [5.41, 5.74) is 1.36. The van der Waals surface area contributed by atoms with Gasteiger partial charge in [-0.2, -0.15) is 0 Å². The van der Waals surface area contributed by atoms with E-state index in [2.05, 4.69) is 4.98 Å². The fourth-order valence-corrected chi connectivity index (χ4v) is 4.61. The molecule has 2 aromatic rings. The van der Waals surface area contributed by atoms with Crippen LogP contribution < -0.4 is 5.56 Å². The first-order valence-electron chi connectivity index (χ1n) is 7.48. The molecule has 0 aliphatic heterocycles. The highest BCUT2D eigenvalue weighted by Gasteiger charge is 2.19. The molecule has 0 aromatic carbocycles. The van der Waals surface area contributed by atoms with Crippen molar-refractivity contribution >= 4 is 33.8 Å². The third-order valence-electron chi connectivity index (χ3n) is 4.08. The van der Waals surface area contributed by atoms with Crippen LogP contribution in [0.2, 0.25) is 0 Å². The number of hydrogen-bond acceptors (Lipinski definition) is 4. The van der Waals surface area contributed by atoms with E-state index < -0.39 is 0 Å². The Morgan fingerprint density at radius 3 is 2.95 bits per heavy atom. The summed E-state index contributed by atoms with van der Waals surface area (Å²) in [6.45, 7) is 1.39. The molecule has 0 amide bonds. The van der Waals surface area contributed by atoms with Crippen molar-refractivity contribution in [1.29, 1.82) is 0 Å². The summed E-state index contributed by atoms with van der Waals surface area (Å²) in [5.74, 6) is 0. The van der Waals surface area contributed by atoms with Gasteiger partial charge in [0, 0.05) is 25.1 Å². The highest BCUT2D eigenvalue weighted by Crippen LogP contribution is 2.33. The Morgan fingerprint density at radius 2 is 2.14 bits per heavy atom. The van der Waals surface area contributed by atoms with Crippen LogP contribution in [0.25, 0.3) is 10.2 Å². The Kier molecular flexibility index (Phi) is 4.57. The largest absolute Gasteiger partial charge is 0.385 e. The van der Waals surface area contributed by atoms with Gasteiger partial charge in [-0.25, -0.2) is 0 Å². The molecule has 0 saturated heterocycles. The van der Waals surface area contributed by atoms with Crippen LogP contribution in [0, 0.1) is 4.77 Å². The number of thiophene rings is 1. The summed E-state index contributed by atoms with van der Waals surface area (Å²) < 4.78 is 7.32. The third-order valence-corrected chi connectivity index (χ3v) is 5.61. The molecule has 114 valence electrons. The Balaban J connectivity index is 2.01. The van der Waals surface area contributed by atoms with Crippen LogP contribution in [0.3, 0.4) is 0 Å². The van der Waals surface area contributed by atoms with Gasteiger partial charge in [0.05, 0.1) is 5.39 Å². The number of nitrogens with one attached hydrogen (secondary N) is 1. The SMILES string of the molecule is COCCCCn1c(=S)[nH]c2sc3c(c2c1=O)CCCC3. The molecule has 0 saturated carbocycles. The third kappa shape index (κ3) is 2.84. The fraction of sp³-hybridized carbons (Fsp3) is 0.600. The molecule has 2 aromatic heterocycles. The first-order valence-corrected chi connectivity index (χ1v) is 8.71. The Morgan fingerprint density at radius 1 is 1.33 bits per heavy atom. The quantitative estimate of drug-likeness (QED) is 0.677. The number of aryl methyl sites for hydroxylation is 2. The number of rotatable bonds is 5. The van der Waals surface area contributed by atoms with Crippen molar-refractivity contribution in [3.63, 3.8) is 0 Å². The minimum atomic E-state index is 0.0885. The smallest absolute Gasteiger partial charge is 0.263 e. The van der Waals surface area contributed by atoms with Gasteiger partial charge < -0.3 is 9.72 Å². The minimum Gasteiger partial charge on any atom is -0.385 e. The number of nitrogens with zero attached hydrogens (tertiary/aromatic N) is 1. The molecule has 2 heterocycles. The van der Waals surface area contributed by atoms with Gasteiger partial charge in [-0.15, -0.1) is 11.3 Å². The van der Waals surface area contributed by atoms with Crippen LogP contribution in [0.4, 0.5) is 0 Å². The number of H-pyrrole nitrogens is 1. The zero-order chi connectivity index (χ0) is 14.8. The molecule has 0 radical (unpaired) electrons. The second-order valence-corrected chi connectivity index (χ2v) is 6.99. The first kappa shape index (κ1) is 14.9. The summed E-state index contributed by atoms with van der Waals surface area (Å²) in [4.78, 5) is 18.4. The lowest BCUT2D eigenvalue weighted by Gasteiger charge is -2.10. The zero-order valence-electron chi connectivity index (χ0n) is 12.2. The molecule has 1 aliphatic carbocycles. The summed E-state index contributed by atoms with van der Waals surface area (Å²) in [5, 5.41) is 0.884. The number of unbranched alkanes of at least 4 members (excludes halogenated alkanes) is 1. The molecule has 0 unspecified atom stereocenters. The van der Waals surface area contributed by atoms with E-state index in [0.717, 1.165) is 42.5 Å². The van der Waals surface area contributed by atoms with Gasteiger partial charge >= 0.3 is 0 Å². The minimum absolute atomic E-state index is 0.0885. The molecule has 21 heavy (non-hydrogen) atoms. The maximum Gasteiger partial charge on any atom is 0.263 e. The van der Waals surface area contributed by atoms with E-state index in [4.69, 9.17) is 17.0 Å². The van der Waals surface area contributed by atoms with Crippen LogP contribution in [0.1, 0.15) is 36.1 Å². The van der Waals surface area contributed by atoms with Crippen LogP contribution in [0.15, 0.2) is 4.79 Å². The monoisotopic (exact) mass is 324 g/mol. The predicted octanol–water partition coefficient (Wildman–Crippen LogP) is 3.43. The van der Waals surface area contributed by atoms with E-state index >= 15 is 0 Å². The van der Waals surface area contributed by atoms with Gasteiger partial charge in [0.15, 0.2) is 4.77 Å². The lowest BCUT2D eigenvalue weighted by atomic mass is 9.97. The highest BCUT2D eigenvalue weighted by molar-refractivity contribution is 7.71. The molecule has 0 spiro atoms. The number of aromatic nitrogens is 2. The van der Waals surface area contributed by atoms with E-state index in [-0.39, 0.29) is 5.56 Å². The van der Waals surface area contributed by atoms with E-state index in [9.17, 15) is 4.79 Å². The van der Waals surface area contributed by atoms with E-state index in [1.165, 1.54) is 23.3 Å². The van der Waals surface area contributed by atoms with Crippen molar-refractivity contribution < 1.29 is 4.74 Å². The summed E-state index contributed by atoms with van der Waals surface area (Å²) in [6.07, 6.45) is 6.38. The molecule has 0 atom stereocenters. The topological polar surface area (TPSA) is 47.0 Å².